The van der Waals surface area contributed by atoms with Crippen LogP contribution in [-0.2, 0) is 10.0 Å². The molecule has 0 unspecified atom stereocenters. The van der Waals surface area contributed by atoms with Crippen molar-refractivity contribution in [3.63, 3.8) is 0 Å². The first-order valence-corrected chi connectivity index (χ1v) is 8.76. The molecule has 0 amide bonds. The Kier molecular flexibility index (Phi) is 4.43. The van der Waals surface area contributed by atoms with E-state index in [1.54, 1.807) is 29.1 Å². The molecule has 0 fully saturated rings. The van der Waals surface area contributed by atoms with Crippen molar-refractivity contribution in [2.45, 2.75) is 11.8 Å². The molecule has 0 aliphatic heterocycles. The zero-order chi connectivity index (χ0) is 17.0. The maximum absolute atomic E-state index is 12.1. The highest BCUT2D eigenvalue weighted by molar-refractivity contribution is 7.89. The van der Waals surface area contributed by atoms with Crippen LogP contribution in [0.15, 0.2) is 76.9 Å². The summed E-state index contributed by atoms with van der Waals surface area (Å²) in [6.45, 7) is 1.84. The van der Waals surface area contributed by atoms with E-state index in [4.69, 9.17) is 0 Å². The van der Waals surface area contributed by atoms with Gasteiger partial charge in [0.05, 0.1) is 22.5 Å². The van der Waals surface area contributed by atoms with Crippen molar-refractivity contribution in [1.82, 2.24) is 14.6 Å². The van der Waals surface area contributed by atoms with Crippen LogP contribution in [0.3, 0.4) is 0 Å². The molecule has 2 aromatic carbocycles. The van der Waals surface area contributed by atoms with Gasteiger partial charge in [0.25, 0.3) is 10.0 Å². The van der Waals surface area contributed by atoms with Crippen LogP contribution in [0, 0.1) is 6.92 Å². The lowest BCUT2D eigenvalue weighted by Gasteiger charge is -2.01. The second-order valence-electron chi connectivity index (χ2n) is 5.12. The fourth-order valence-corrected chi connectivity index (χ4v) is 2.94. The highest BCUT2D eigenvalue weighted by Crippen LogP contribution is 2.10. The summed E-state index contributed by atoms with van der Waals surface area (Å²) in [6, 6.07) is 17.7. The summed E-state index contributed by atoms with van der Waals surface area (Å²) in [5, 5.41) is 8.24. The number of hydrogen-bond acceptors (Lipinski definition) is 4. The third-order valence-corrected chi connectivity index (χ3v) is 4.63. The lowest BCUT2D eigenvalue weighted by atomic mass is 10.3. The van der Waals surface area contributed by atoms with Gasteiger partial charge in [-0.1, -0.05) is 36.4 Å². The topological polar surface area (TPSA) is 76.3 Å². The summed E-state index contributed by atoms with van der Waals surface area (Å²) in [7, 11) is -3.66. The van der Waals surface area contributed by atoms with E-state index in [1.807, 2.05) is 37.3 Å². The molecule has 122 valence electrons. The van der Waals surface area contributed by atoms with Crippen molar-refractivity contribution in [2.24, 2.45) is 5.10 Å². The van der Waals surface area contributed by atoms with Crippen LogP contribution in [0.25, 0.3) is 5.69 Å². The van der Waals surface area contributed by atoms with Gasteiger partial charge < -0.3 is 0 Å². The van der Waals surface area contributed by atoms with Gasteiger partial charge in [0.1, 0.15) is 0 Å². The molecule has 0 saturated heterocycles. The summed E-state index contributed by atoms with van der Waals surface area (Å²) in [5.41, 5.74) is 2.40. The number of hydrazone groups is 1. The van der Waals surface area contributed by atoms with Gasteiger partial charge in [-0.15, -0.1) is 0 Å². The average Bonchev–Trinajstić information content (AvgIpc) is 2.97. The van der Waals surface area contributed by atoms with Gasteiger partial charge in [-0.3, -0.25) is 0 Å². The first-order valence-electron chi connectivity index (χ1n) is 7.28. The van der Waals surface area contributed by atoms with E-state index < -0.39 is 10.0 Å². The minimum Gasteiger partial charge on any atom is -0.240 e. The van der Waals surface area contributed by atoms with Crippen LogP contribution in [0.5, 0.6) is 0 Å². The quantitative estimate of drug-likeness (QED) is 0.573. The third-order valence-electron chi connectivity index (χ3n) is 3.39. The van der Waals surface area contributed by atoms with Crippen LogP contribution in [-0.4, -0.2) is 24.4 Å². The predicted octanol–water partition coefficient (Wildman–Crippen LogP) is 2.49. The lowest BCUT2D eigenvalue weighted by Crippen LogP contribution is -2.18. The first-order chi connectivity index (χ1) is 11.6. The molecule has 0 radical (unpaired) electrons. The third kappa shape index (κ3) is 3.52. The van der Waals surface area contributed by atoms with Crippen molar-refractivity contribution in [3.05, 3.63) is 78.1 Å². The molecule has 3 aromatic rings. The minimum absolute atomic E-state index is 0.166. The maximum Gasteiger partial charge on any atom is 0.276 e. The summed E-state index contributed by atoms with van der Waals surface area (Å²) in [5.74, 6) is 0. The van der Waals surface area contributed by atoms with Gasteiger partial charge in [-0.05, 0) is 31.2 Å². The summed E-state index contributed by atoms with van der Waals surface area (Å²) >= 11 is 0. The molecule has 1 aromatic heterocycles. The minimum atomic E-state index is -3.66. The standard InChI is InChI=1S/C17H16N4O2S/c1-14-15(13-21(19-14)16-8-4-2-5-9-16)12-18-20-24(22,23)17-10-6-3-7-11-17/h2-13,20H,1H3/b18-12-. The number of para-hydroxylation sites is 1. The van der Waals surface area contributed by atoms with Crippen molar-refractivity contribution < 1.29 is 8.42 Å². The van der Waals surface area contributed by atoms with Crippen molar-refractivity contribution in [2.75, 3.05) is 0 Å². The SMILES string of the molecule is Cc1nn(-c2ccccc2)cc1/C=N\NS(=O)(=O)c1ccccc1. The Balaban J connectivity index is 1.77. The molecule has 0 aliphatic rings. The molecule has 1 heterocycles. The van der Waals surface area contributed by atoms with Crippen LogP contribution >= 0.6 is 0 Å². The average molecular weight is 340 g/mol. The van der Waals surface area contributed by atoms with Crippen LogP contribution in [0.4, 0.5) is 0 Å². The van der Waals surface area contributed by atoms with E-state index in [-0.39, 0.29) is 4.90 Å². The fourth-order valence-electron chi connectivity index (χ4n) is 2.13. The van der Waals surface area contributed by atoms with Gasteiger partial charge >= 0.3 is 0 Å². The van der Waals surface area contributed by atoms with Gasteiger partial charge in [0.2, 0.25) is 0 Å². The highest BCUT2D eigenvalue weighted by atomic mass is 32.2. The van der Waals surface area contributed by atoms with E-state index in [2.05, 4.69) is 15.0 Å². The van der Waals surface area contributed by atoms with Crippen molar-refractivity contribution in [3.8, 4) is 5.69 Å². The molecular weight excluding hydrogens is 324 g/mol. The number of benzene rings is 2. The number of aryl methyl sites for hydroxylation is 1. The summed E-state index contributed by atoms with van der Waals surface area (Å²) in [6.07, 6.45) is 3.24. The summed E-state index contributed by atoms with van der Waals surface area (Å²) in [4.78, 5) is 2.37. The van der Waals surface area contributed by atoms with Crippen molar-refractivity contribution in [1.29, 1.82) is 0 Å². The van der Waals surface area contributed by atoms with Crippen LogP contribution < -0.4 is 4.83 Å². The fraction of sp³-hybridized carbons (Fsp3) is 0.0588. The van der Waals surface area contributed by atoms with Gasteiger partial charge in [-0.25, -0.2) is 9.51 Å². The van der Waals surface area contributed by atoms with E-state index >= 15 is 0 Å². The zero-order valence-electron chi connectivity index (χ0n) is 13.0. The Hall–Kier alpha value is -2.93. The molecular formula is C17H16N4O2S. The first kappa shape index (κ1) is 15.9. The Bertz CT molecular complexity index is 949. The van der Waals surface area contributed by atoms with Crippen LogP contribution in [0.1, 0.15) is 11.3 Å². The number of nitrogens with zero attached hydrogens (tertiary/aromatic N) is 3. The van der Waals surface area contributed by atoms with E-state index in [9.17, 15) is 8.42 Å². The van der Waals surface area contributed by atoms with Gasteiger partial charge in [0, 0.05) is 11.8 Å². The summed E-state index contributed by atoms with van der Waals surface area (Å²) < 4.78 is 25.9. The second-order valence-corrected chi connectivity index (χ2v) is 6.78. The van der Waals surface area contributed by atoms with Gasteiger partial charge in [-0.2, -0.15) is 18.6 Å². The normalized spacial score (nSPS) is 11.7. The Morgan fingerprint density at radius 2 is 1.67 bits per heavy atom. The number of aromatic nitrogens is 2. The molecule has 0 aliphatic carbocycles. The lowest BCUT2D eigenvalue weighted by molar-refractivity contribution is 0.584. The number of nitrogens with one attached hydrogen (secondary N) is 1. The highest BCUT2D eigenvalue weighted by Gasteiger charge is 2.11. The van der Waals surface area contributed by atoms with E-state index in [0.717, 1.165) is 16.9 Å². The maximum atomic E-state index is 12.1. The monoisotopic (exact) mass is 340 g/mol. The predicted molar refractivity (Wildman–Crippen MR) is 92.7 cm³/mol. The Morgan fingerprint density at radius 3 is 2.33 bits per heavy atom. The number of rotatable bonds is 5. The molecule has 1 N–H and O–H groups in total. The zero-order valence-corrected chi connectivity index (χ0v) is 13.8. The van der Waals surface area contributed by atoms with Crippen LogP contribution in [0.2, 0.25) is 0 Å². The number of sulfonamides is 1. The van der Waals surface area contributed by atoms with Crippen molar-refractivity contribution >= 4 is 16.2 Å². The largest absolute Gasteiger partial charge is 0.276 e. The molecule has 24 heavy (non-hydrogen) atoms. The molecule has 0 bridgehead atoms. The molecule has 6 nitrogen and oxygen atoms in total. The Labute approximate surface area is 140 Å². The molecule has 0 atom stereocenters. The van der Waals surface area contributed by atoms with E-state index in [1.165, 1.54) is 18.3 Å². The second kappa shape index (κ2) is 6.67. The molecule has 3 rings (SSSR count). The van der Waals surface area contributed by atoms with Gasteiger partial charge in [0.15, 0.2) is 0 Å². The molecule has 0 saturated carbocycles. The smallest absolute Gasteiger partial charge is 0.240 e. The molecule has 0 spiro atoms. The Morgan fingerprint density at radius 1 is 1.04 bits per heavy atom. The number of hydrogen-bond donors (Lipinski definition) is 1. The van der Waals surface area contributed by atoms with E-state index in [0.29, 0.717) is 0 Å². The molecule has 7 heteroatoms.